The van der Waals surface area contributed by atoms with Crippen molar-refractivity contribution in [2.75, 3.05) is 11.1 Å². The number of nitriles is 1. The first-order valence-electron chi connectivity index (χ1n) is 5.53. The molecule has 19 heavy (non-hydrogen) atoms. The van der Waals surface area contributed by atoms with Crippen LogP contribution in [0.5, 0.6) is 0 Å². The van der Waals surface area contributed by atoms with Crippen LogP contribution in [0.1, 0.15) is 11.1 Å². The third-order valence-corrected chi connectivity index (χ3v) is 3.33. The molecule has 0 aromatic heterocycles. The van der Waals surface area contributed by atoms with Gasteiger partial charge in [0.2, 0.25) is 0 Å². The van der Waals surface area contributed by atoms with Crippen LogP contribution in [-0.4, -0.2) is 0 Å². The third kappa shape index (κ3) is 2.85. The first-order chi connectivity index (χ1) is 9.01. The van der Waals surface area contributed by atoms with Crippen LogP contribution in [0.4, 0.5) is 21.5 Å². The van der Waals surface area contributed by atoms with Gasteiger partial charge < -0.3 is 11.1 Å². The van der Waals surface area contributed by atoms with Crippen molar-refractivity contribution in [2.24, 2.45) is 0 Å². The molecular weight excluding hydrogens is 309 g/mol. The SMILES string of the molecule is Cc1cc(Br)c(F)cc1Nc1ccc(C#N)c(N)c1. The molecule has 0 atom stereocenters. The van der Waals surface area contributed by atoms with Gasteiger partial charge in [-0.15, -0.1) is 0 Å². The van der Waals surface area contributed by atoms with Gasteiger partial charge in [-0.3, -0.25) is 0 Å². The van der Waals surface area contributed by atoms with Gasteiger partial charge in [0.15, 0.2) is 0 Å². The molecule has 2 rings (SSSR count). The van der Waals surface area contributed by atoms with E-state index >= 15 is 0 Å². The van der Waals surface area contributed by atoms with Gasteiger partial charge >= 0.3 is 0 Å². The minimum absolute atomic E-state index is 0.338. The minimum atomic E-state index is -0.338. The van der Waals surface area contributed by atoms with E-state index in [1.54, 1.807) is 24.3 Å². The maximum absolute atomic E-state index is 13.5. The summed E-state index contributed by atoms with van der Waals surface area (Å²) in [4.78, 5) is 0. The van der Waals surface area contributed by atoms with Crippen molar-refractivity contribution in [1.29, 1.82) is 5.26 Å². The van der Waals surface area contributed by atoms with Gasteiger partial charge in [0, 0.05) is 11.4 Å². The molecule has 2 aromatic carbocycles. The van der Waals surface area contributed by atoms with E-state index in [1.165, 1.54) is 6.07 Å². The standard InChI is InChI=1S/C14H11BrFN3/c1-8-4-11(15)12(16)6-14(8)19-10-3-2-9(7-17)13(18)5-10/h2-6,19H,18H2,1H3. The second kappa shape index (κ2) is 5.29. The average molecular weight is 320 g/mol. The predicted molar refractivity (Wildman–Crippen MR) is 77.7 cm³/mol. The van der Waals surface area contributed by atoms with Crippen LogP contribution < -0.4 is 11.1 Å². The molecule has 0 saturated carbocycles. The van der Waals surface area contributed by atoms with Gasteiger partial charge in [-0.25, -0.2) is 4.39 Å². The first kappa shape index (κ1) is 13.4. The number of nitrogens with two attached hydrogens (primary N) is 1. The number of nitrogen functional groups attached to an aromatic ring is 1. The number of hydrogen-bond donors (Lipinski definition) is 2. The first-order valence-corrected chi connectivity index (χ1v) is 6.33. The molecule has 0 aliphatic rings. The zero-order valence-corrected chi connectivity index (χ0v) is 11.8. The highest BCUT2D eigenvalue weighted by Gasteiger charge is 2.06. The Labute approximate surface area is 119 Å². The lowest BCUT2D eigenvalue weighted by Gasteiger charge is -2.11. The molecule has 0 aliphatic heterocycles. The number of nitrogens with zero attached hydrogens (tertiary/aromatic N) is 1. The number of halogens is 2. The van der Waals surface area contributed by atoms with Crippen molar-refractivity contribution >= 4 is 33.0 Å². The summed E-state index contributed by atoms with van der Waals surface area (Å²) in [5, 5.41) is 11.9. The summed E-state index contributed by atoms with van der Waals surface area (Å²) in [6.07, 6.45) is 0. The summed E-state index contributed by atoms with van der Waals surface area (Å²) < 4.78 is 13.9. The largest absolute Gasteiger partial charge is 0.398 e. The van der Waals surface area contributed by atoms with Gasteiger partial charge in [0.05, 0.1) is 15.7 Å². The summed E-state index contributed by atoms with van der Waals surface area (Å²) in [6.45, 7) is 1.87. The molecule has 3 nitrogen and oxygen atoms in total. The van der Waals surface area contributed by atoms with Crippen LogP contribution >= 0.6 is 15.9 Å². The van der Waals surface area contributed by atoms with Crippen molar-refractivity contribution in [1.82, 2.24) is 0 Å². The summed E-state index contributed by atoms with van der Waals surface area (Å²) in [5.41, 5.74) is 8.81. The molecule has 0 fully saturated rings. The van der Waals surface area contributed by atoms with E-state index in [2.05, 4.69) is 21.2 Å². The molecule has 0 heterocycles. The molecular formula is C14H11BrFN3. The topological polar surface area (TPSA) is 61.8 Å². The molecule has 0 radical (unpaired) electrons. The third-order valence-electron chi connectivity index (χ3n) is 2.72. The highest BCUT2D eigenvalue weighted by Crippen LogP contribution is 2.27. The molecule has 2 aromatic rings. The Kier molecular flexibility index (Phi) is 3.72. The maximum atomic E-state index is 13.5. The van der Waals surface area contributed by atoms with Gasteiger partial charge in [-0.05, 0) is 58.7 Å². The predicted octanol–water partition coefficient (Wildman–Crippen LogP) is 4.09. The number of nitrogens with one attached hydrogen (secondary N) is 1. The van der Waals surface area contributed by atoms with Crippen molar-refractivity contribution in [3.63, 3.8) is 0 Å². The highest BCUT2D eigenvalue weighted by atomic mass is 79.9. The van der Waals surface area contributed by atoms with Gasteiger partial charge in [0.1, 0.15) is 11.9 Å². The van der Waals surface area contributed by atoms with E-state index < -0.39 is 0 Å². The normalized spacial score (nSPS) is 10.0. The fraction of sp³-hybridized carbons (Fsp3) is 0.0714. The van der Waals surface area contributed by atoms with Crippen LogP contribution in [0, 0.1) is 24.1 Å². The van der Waals surface area contributed by atoms with E-state index in [1.807, 2.05) is 13.0 Å². The van der Waals surface area contributed by atoms with Crippen LogP contribution in [0.15, 0.2) is 34.8 Å². The van der Waals surface area contributed by atoms with Gasteiger partial charge in [0.25, 0.3) is 0 Å². The van der Waals surface area contributed by atoms with Crippen LogP contribution in [0.3, 0.4) is 0 Å². The molecule has 0 saturated heterocycles. The van der Waals surface area contributed by atoms with Gasteiger partial charge in [-0.2, -0.15) is 5.26 Å². The van der Waals surface area contributed by atoms with Crippen LogP contribution in [0.2, 0.25) is 0 Å². The molecule has 0 bridgehead atoms. The Morgan fingerprint density at radius 3 is 2.68 bits per heavy atom. The lowest BCUT2D eigenvalue weighted by molar-refractivity contribution is 0.621. The molecule has 3 N–H and O–H groups in total. The summed E-state index contributed by atoms with van der Waals surface area (Å²) in [6, 6.07) is 10.1. The molecule has 96 valence electrons. The van der Waals surface area contributed by atoms with E-state index in [9.17, 15) is 4.39 Å². The summed E-state index contributed by atoms with van der Waals surface area (Å²) in [7, 11) is 0. The van der Waals surface area contributed by atoms with Crippen molar-refractivity contribution in [3.8, 4) is 6.07 Å². The molecule has 5 heteroatoms. The molecule has 0 unspecified atom stereocenters. The van der Waals surface area contributed by atoms with E-state index in [0.29, 0.717) is 27.1 Å². The number of anilines is 3. The highest BCUT2D eigenvalue weighted by molar-refractivity contribution is 9.10. The number of benzene rings is 2. The molecule has 0 amide bonds. The zero-order valence-electron chi connectivity index (χ0n) is 10.2. The van der Waals surface area contributed by atoms with Crippen molar-refractivity contribution in [2.45, 2.75) is 6.92 Å². The van der Waals surface area contributed by atoms with Gasteiger partial charge in [-0.1, -0.05) is 0 Å². The zero-order chi connectivity index (χ0) is 14.0. The number of hydrogen-bond acceptors (Lipinski definition) is 3. The maximum Gasteiger partial charge on any atom is 0.139 e. The number of rotatable bonds is 2. The number of aryl methyl sites for hydroxylation is 1. The van der Waals surface area contributed by atoms with Crippen molar-refractivity contribution in [3.05, 3.63) is 51.7 Å². The lowest BCUT2D eigenvalue weighted by Crippen LogP contribution is -1.97. The summed E-state index contributed by atoms with van der Waals surface area (Å²) >= 11 is 3.14. The summed E-state index contributed by atoms with van der Waals surface area (Å²) in [5.74, 6) is -0.338. The van der Waals surface area contributed by atoms with Crippen LogP contribution in [-0.2, 0) is 0 Å². The van der Waals surface area contributed by atoms with E-state index in [0.717, 1.165) is 5.56 Å². The Morgan fingerprint density at radius 1 is 1.32 bits per heavy atom. The Hall–Kier alpha value is -2.06. The van der Waals surface area contributed by atoms with Crippen LogP contribution in [0.25, 0.3) is 0 Å². The Balaban J connectivity index is 2.34. The Bertz CT molecular complexity index is 677. The molecule has 0 aliphatic carbocycles. The fourth-order valence-electron chi connectivity index (χ4n) is 1.68. The monoisotopic (exact) mass is 319 g/mol. The second-order valence-corrected chi connectivity index (χ2v) is 4.97. The quantitative estimate of drug-likeness (QED) is 0.819. The molecule has 0 spiro atoms. The Morgan fingerprint density at radius 2 is 2.05 bits per heavy atom. The van der Waals surface area contributed by atoms with Crippen molar-refractivity contribution < 1.29 is 4.39 Å². The van der Waals surface area contributed by atoms with E-state index in [-0.39, 0.29) is 5.82 Å². The fourth-order valence-corrected chi connectivity index (χ4v) is 2.14. The van der Waals surface area contributed by atoms with E-state index in [4.69, 9.17) is 11.0 Å². The lowest BCUT2D eigenvalue weighted by atomic mass is 10.1. The minimum Gasteiger partial charge on any atom is -0.398 e. The average Bonchev–Trinajstić information content (AvgIpc) is 2.36. The second-order valence-electron chi connectivity index (χ2n) is 4.12. The smallest absolute Gasteiger partial charge is 0.139 e.